The molecule has 29 heavy (non-hydrogen) atoms. The topological polar surface area (TPSA) is 110 Å². The minimum atomic E-state index is -0.710. The summed E-state index contributed by atoms with van der Waals surface area (Å²) in [7, 11) is 0. The maximum Gasteiger partial charge on any atom is 0.333 e. The first-order chi connectivity index (χ1) is 14.1. The van der Waals surface area contributed by atoms with E-state index in [-0.39, 0.29) is 5.56 Å². The van der Waals surface area contributed by atoms with Crippen molar-refractivity contribution in [3.63, 3.8) is 0 Å². The Labute approximate surface area is 171 Å². The summed E-state index contributed by atoms with van der Waals surface area (Å²) >= 11 is 1.37. The fourth-order valence-electron chi connectivity index (χ4n) is 2.78. The Hall–Kier alpha value is -3.09. The molecule has 0 fully saturated rings. The van der Waals surface area contributed by atoms with Gasteiger partial charge in [0.2, 0.25) is 0 Å². The van der Waals surface area contributed by atoms with Crippen LogP contribution >= 0.6 is 12.0 Å². The van der Waals surface area contributed by atoms with Gasteiger partial charge < -0.3 is 8.92 Å². The predicted octanol–water partition coefficient (Wildman–Crippen LogP) is 2.79. The fraction of sp³-hybridized carbons (Fsp3) is 0.300. The van der Waals surface area contributed by atoms with Gasteiger partial charge in [-0.3, -0.25) is 19.3 Å². The second-order valence-corrected chi connectivity index (χ2v) is 6.80. The van der Waals surface area contributed by atoms with Gasteiger partial charge in [-0.1, -0.05) is 0 Å². The largest absolute Gasteiger partial charge is 0.494 e. The lowest BCUT2D eigenvalue weighted by Gasteiger charge is -2.09. The van der Waals surface area contributed by atoms with Crippen LogP contribution in [0.5, 0.6) is 5.75 Å². The molecule has 2 heterocycles. The summed E-state index contributed by atoms with van der Waals surface area (Å²) in [6.45, 7) is 1.34. The third-order valence-corrected chi connectivity index (χ3v) is 4.64. The van der Waals surface area contributed by atoms with Crippen molar-refractivity contribution < 1.29 is 8.92 Å². The average Bonchev–Trinajstić information content (AvgIpc) is 2.73. The fourth-order valence-corrected chi connectivity index (χ4v) is 3.06. The van der Waals surface area contributed by atoms with Gasteiger partial charge in [-0.15, -0.1) is 0 Å². The summed E-state index contributed by atoms with van der Waals surface area (Å²) in [4.78, 5) is 30.2. The van der Waals surface area contributed by atoms with Crippen LogP contribution in [-0.4, -0.2) is 34.0 Å². The number of nitrogens with one attached hydrogen (secondary N) is 1. The highest BCUT2D eigenvalue weighted by atomic mass is 32.2. The molecule has 1 aromatic carbocycles. The first-order valence-corrected chi connectivity index (χ1v) is 10.2. The second kappa shape index (κ2) is 9.91. The molecule has 0 unspecified atom stereocenters. The number of aromatic amines is 1. The van der Waals surface area contributed by atoms with E-state index < -0.39 is 11.2 Å². The number of nitriles is 1. The SMILES string of the molecule is CSOCCCCCOc1ccc2ncc(-n3cc(C#N)c(=O)[nH]c3=O)cc2c1. The van der Waals surface area contributed by atoms with Gasteiger partial charge in [0.05, 0.1) is 30.6 Å². The van der Waals surface area contributed by atoms with Crippen LogP contribution in [-0.2, 0) is 4.18 Å². The molecule has 2 aromatic heterocycles. The number of unbranched alkanes of at least 4 members (excludes halogenated alkanes) is 2. The van der Waals surface area contributed by atoms with Crippen LogP contribution < -0.4 is 16.0 Å². The molecule has 9 heteroatoms. The summed E-state index contributed by atoms with van der Waals surface area (Å²) in [6, 6.07) is 9.08. The molecule has 0 saturated carbocycles. The first kappa shape index (κ1) is 20.6. The molecule has 8 nitrogen and oxygen atoms in total. The lowest BCUT2D eigenvalue weighted by Crippen LogP contribution is -2.30. The number of pyridine rings is 1. The van der Waals surface area contributed by atoms with Crippen molar-refractivity contribution in [3.05, 3.63) is 63.1 Å². The van der Waals surface area contributed by atoms with Crippen molar-refractivity contribution in [2.75, 3.05) is 19.5 Å². The number of benzene rings is 1. The summed E-state index contributed by atoms with van der Waals surface area (Å²) < 4.78 is 12.2. The number of aromatic nitrogens is 3. The highest BCUT2D eigenvalue weighted by Gasteiger charge is 2.08. The van der Waals surface area contributed by atoms with Crippen LogP contribution in [0.3, 0.4) is 0 Å². The highest BCUT2D eigenvalue weighted by molar-refractivity contribution is 7.93. The Kier molecular flexibility index (Phi) is 7.05. The van der Waals surface area contributed by atoms with E-state index in [1.807, 2.05) is 24.5 Å². The minimum absolute atomic E-state index is 0.148. The maximum absolute atomic E-state index is 12.1. The van der Waals surface area contributed by atoms with E-state index in [9.17, 15) is 9.59 Å². The zero-order valence-electron chi connectivity index (χ0n) is 15.9. The smallest absolute Gasteiger partial charge is 0.333 e. The van der Waals surface area contributed by atoms with E-state index in [1.54, 1.807) is 12.1 Å². The quantitative estimate of drug-likeness (QED) is 0.425. The number of hydrogen-bond donors (Lipinski definition) is 1. The van der Waals surface area contributed by atoms with E-state index in [4.69, 9.17) is 14.2 Å². The van der Waals surface area contributed by atoms with Crippen molar-refractivity contribution in [2.45, 2.75) is 19.3 Å². The molecule has 0 amide bonds. The lowest BCUT2D eigenvalue weighted by atomic mass is 10.2. The third kappa shape index (κ3) is 5.25. The number of rotatable bonds is 9. The standard InChI is InChI=1S/C20H20N4O4S/c1-29-28-8-4-2-3-7-27-17-5-6-18-14(10-17)9-16(12-22-18)24-13-15(11-21)19(25)23-20(24)26/h5-6,9-10,12-13H,2-4,7-8H2,1H3,(H,23,25,26). The first-order valence-electron chi connectivity index (χ1n) is 9.07. The van der Waals surface area contributed by atoms with Crippen molar-refractivity contribution in [2.24, 2.45) is 0 Å². The average molecular weight is 412 g/mol. The van der Waals surface area contributed by atoms with Crippen LogP contribution in [0, 0.1) is 11.3 Å². The van der Waals surface area contributed by atoms with Crippen molar-refractivity contribution >= 4 is 22.9 Å². The minimum Gasteiger partial charge on any atom is -0.494 e. The molecule has 0 aliphatic carbocycles. The Balaban J connectivity index is 1.75. The number of fused-ring (bicyclic) bond motifs is 1. The zero-order valence-corrected chi connectivity index (χ0v) is 16.7. The maximum atomic E-state index is 12.1. The molecule has 0 bridgehead atoms. The highest BCUT2D eigenvalue weighted by Crippen LogP contribution is 2.21. The molecule has 3 aromatic rings. The predicted molar refractivity (Wildman–Crippen MR) is 111 cm³/mol. The van der Waals surface area contributed by atoms with E-state index >= 15 is 0 Å². The van der Waals surface area contributed by atoms with E-state index in [1.165, 1.54) is 29.0 Å². The van der Waals surface area contributed by atoms with Crippen molar-refractivity contribution in [3.8, 4) is 17.5 Å². The van der Waals surface area contributed by atoms with Gasteiger partial charge in [0.15, 0.2) is 0 Å². The molecular formula is C20H20N4O4S. The van der Waals surface area contributed by atoms with Crippen LogP contribution in [0.15, 0.2) is 46.2 Å². The Morgan fingerprint density at radius 2 is 2.03 bits per heavy atom. The number of H-pyrrole nitrogens is 1. The Morgan fingerprint density at radius 3 is 2.83 bits per heavy atom. The van der Waals surface area contributed by atoms with Crippen molar-refractivity contribution in [1.82, 2.24) is 14.5 Å². The monoisotopic (exact) mass is 412 g/mol. The van der Waals surface area contributed by atoms with Gasteiger partial charge in [-0.05, 0) is 55.6 Å². The van der Waals surface area contributed by atoms with Gasteiger partial charge in [0.1, 0.15) is 17.4 Å². The number of hydrogen-bond acceptors (Lipinski definition) is 7. The molecule has 0 saturated heterocycles. The molecule has 1 N–H and O–H groups in total. The molecule has 0 aliphatic rings. The Bertz CT molecular complexity index is 1150. The second-order valence-electron chi connectivity index (χ2n) is 6.23. The number of ether oxygens (including phenoxy) is 1. The molecule has 0 aliphatic heterocycles. The zero-order chi connectivity index (χ0) is 20.6. The van der Waals surface area contributed by atoms with E-state index in [2.05, 4.69) is 9.97 Å². The normalized spacial score (nSPS) is 10.8. The molecule has 0 radical (unpaired) electrons. The van der Waals surface area contributed by atoms with Gasteiger partial charge in [-0.2, -0.15) is 5.26 Å². The molecule has 0 atom stereocenters. The van der Waals surface area contributed by atoms with Gasteiger partial charge in [0.25, 0.3) is 5.56 Å². The molecule has 150 valence electrons. The van der Waals surface area contributed by atoms with Crippen LogP contribution in [0.1, 0.15) is 24.8 Å². The van der Waals surface area contributed by atoms with Gasteiger partial charge in [0, 0.05) is 17.8 Å². The van der Waals surface area contributed by atoms with Crippen LogP contribution in [0.25, 0.3) is 16.6 Å². The summed E-state index contributed by atoms with van der Waals surface area (Å²) in [5, 5.41) is 9.81. The van der Waals surface area contributed by atoms with E-state index in [0.29, 0.717) is 18.0 Å². The Morgan fingerprint density at radius 1 is 1.21 bits per heavy atom. The number of nitrogens with zero attached hydrogens (tertiary/aromatic N) is 3. The molecule has 0 spiro atoms. The lowest BCUT2D eigenvalue weighted by molar-refractivity contribution is 0.294. The molecular weight excluding hydrogens is 392 g/mol. The summed E-state index contributed by atoms with van der Waals surface area (Å²) in [5.74, 6) is 0.711. The summed E-state index contributed by atoms with van der Waals surface area (Å²) in [5.41, 5.74) is -0.301. The third-order valence-electron chi connectivity index (χ3n) is 4.24. The van der Waals surface area contributed by atoms with E-state index in [0.717, 1.165) is 36.8 Å². The molecule has 3 rings (SSSR count). The summed E-state index contributed by atoms with van der Waals surface area (Å²) in [6.07, 6.45) is 7.58. The van der Waals surface area contributed by atoms with Gasteiger partial charge >= 0.3 is 5.69 Å². The van der Waals surface area contributed by atoms with Gasteiger partial charge in [-0.25, -0.2) is 4.79 Å². The van der Waals surface area contributed by atoms with Crippen LogP contribution in [0.2, 0.25) is 0 Å². The van der Waals surface area contributed by atoms with Crippen molar-refractivity contribution in [1.29, 1.82) is 5.26 Å². The van der Waals surface area contributed by atoms with Crippen LogP contribution in [0.4, 0.5) is 0 Å².